The number of amides is 3. The number of para-hydroxylation sites is 1. The second-order valence-electron chi connectivity index (χ2n) is 13.7. The lowest BCUT2D eigenvalue weighted by Crippen LogP contribution is -2.38. The zero-order chi connectivity index (χ0) is 34.2. The number of anilines is 1. The molecule has 48 heavy (non-hydrogen) atoms. The zero-order valence-electron chi connectivity index (χ0n) is 28.7. The number of hydrogen-bond donors (Lipinski definition) is 0. The number of nitrogens with zero attached hydrogens (tertiary/aromatic N) is 4. The van der Waals surface area contributed by atoms with E-state index in [2.05, 4.69) is 54.8 Å². The largest absolute Gasteiger partial charge is 0.443 e. The van der Waals surface area contributed by atoms with E-state index in [-0.39, 0.29) is 11.8 Å². The number of unbranched alkanes of at least 4 members (excludes halogenated alkanes) is 3. The number of aryl methyl sites for hydroxylation is 3. The van der Waals surface area contributed by atoms with Gasteiger partial charge >= 0.3 is 6.09 Å². The molecule has 0 unspecified atom stereocenters. The minimum absolute atomic E-state index is 0.223. The Morgan fingerprint density at radius 2 is 1.31 bits per heavy atom. The Bertz CT molecular complexity index is 2010. The number of ether oxygens (including phenoxy) is 1. The zero-order valence-corrected chi connectivity index (χ0v) is 28.7. The Morgan fingerprint density at radius 1 is 0.750 bits per heavy atom. The predicted octanol–water partition coefficient (Wildman–Crippen LogP) is 8.19. The molecule has 0 aliphatic carbocycles. The highest BCUT2D eigenvalue weighted by molar-refractivity contribution is 6.21. The minimum atomic E-state index is -0.663. The van der Waals surface area contributed by atoms with Crippen LogP contribution in [0.5, 0.6) is 0 Å². The molecule has 6 rings (SSSR count). The molecule has 0 bridgehead atoms. The smallest absolute Gasteiger partial charge is 0.414 e. The van der Waals surface area contributed by atoms with E-state index in [1.807, 2.05) is 45.9 Å². The summed E-state index contributed by atoms with van der Waals surface area (Å²) in [6.45, 7) is 12.7. The van der Waals surface area contributed by atoms with E-state index >= 15 is 0 Å². The Balaban J connectivity index is 1.27. The van der Waals surface area contributed by atoms with Crippen molar-refractivity contribution in [3.8, 4) is 5.69 Å². The summed E-state index contributed by atoms with van der Waals surface area (Å²) in [5, 5.41) is 0. The van der Waals surface area contributed by atoms with Crippen LogP contribution in [-0.4, -0.2) is 46.5 Å². The van der Waals surface area contributed by atoms with Crippen LogP contribution in [0, 0.1) is 20.8 Å². The molecule has 8 nitrogen and oxygen atoms in total. The number of fused-ring (bicyclic) bond motifs is 3. The summed E-state index contributed by atoms with van der Waals surface area (Å²) >= 11 is 0. The molecule has 0 radical (unpaired) electrons. The molecular weight excluding hydrogens is 600 g/mol. The maximum Gasteiger partial charge on any atom is 0.414 e. The van der Waals surface area contributed by atoms with Gasteiger partial charge in [0.15, 0.2) is 0 Å². The van der Waals surface area contributed by atoms with Gasteiger partial charge in [0.2, 0.25) is 16.7 Å². The fourth-order valence-electron chi connectivity index (χ4n) is 6.36. The van der Waals surface area contributed by atoms with Gasteiger partial charge in [0, 0.05) is 37.4 Å². The Labute approximate surface area is 282 Å². The maximum absolute atomic E-state index is 13.8. The molecule has 0 spiro atoms. The van der Waals surface area contributed by atoms with Crippen molar-refractivity contribution >= 4 is 45.7 Å². The van der Waals surface area contributed by atoms with Crippen molar-refractivity contribution in [2.45, 2.75) is 72.8 Å². The lowest BCUT2D eigenvalue weighted by molar-refractivity contribution is -0.538. The van der Waals surface area contributed by atoms with Crippen molar-refractivity contribution in [1.29, 1.82) is 0 Å². The molecule has 3 amide bonds. The molecule has 0 saturated heterocycles. The Hall–Kier alpha value is -5.11. The van der Waals surface area contributed by atoms with Gasteiger partial charge < -0.3 is 4.74 Å². The number of imide groups is 1. The summed E-state index contributed by atoms with van der Waals surface area (Å²) < 4.78 is 8.14. The maximum atomic E-state index is 13.8. The number of rotatable bonds is 9. The first-order valence-electron chi connectivity index (χ1n) is 16.7. The van der Waals surface area contributed by atoms with E-state index in [4.69, 9.17) is 9.72 Å². The minimum Gasteiger partial charge on any atom is -0.443 e. The van der Waals surface area contributed by atoms with Crippen LogP contribution in [0.3, 0.4) is 0 Å². The monoisotopic (exact) mass is 643 g/mol. The topological polar surface area (TPSA) is 83.7 Å². The Morgan fingerprint density at radius 3 is 1.96 bits per heavy atom. The summed E-state index contributed by atoms with van der Waals surface area (Å²) in [4.78, 5) is 47.4. The second-order valence-corrected chi connectivity index (χ2v) is 13.7. The third-order valence-corrected chi connectivity index (χ3v) is 8.92. The Kier molecular flexibility index (Phi) is 9.01. The summed E-state index contributed by atoms with van der Waals surface area (Å²) in [6, 6.07) is 25.6. The van der Waals surface area contributed by atoms with E-state index in [0.717, 1.165) is 58.3 Å². The van der Waals surface area contributed by atoms with Crippen LogP contribution in [0.1, 0.15) is 83.9 Å². The van der Waals surface area contributed by atoms with Gasteiger partial charge in [-0.15, -0.1) is 4.57 Å². The molecule has 0 fully saturated rings. The number of hydrogen-bond acceptors (Lipinski definition) is 5. The summed E-state index contributed by atoms with van der Waals surface area (Å²) in [5.41, 5.74) is 9.00. The van der Waals surface area contributed by atoms with Gasteiger partial charge in [-0.3, -0.25) is 19.4 Å². The van der Waals surface area contributed by atoms with Crippen LogP contribution < -0.4 is 9.47 Å². The molecule has 4 aromatic carbocycles. The van der Waals surface area contributed by atoms with E-state index in [1.165, 1.54) is 16.0 Å². The van der Waals surface area contributed by atoms with Gasteiger partial charge in [-0.05, 0) is 95.3 Å². The lowest BCUT2D eigenvalue weighted by Gasteiger charge is -2.28. The first-order chi connectivity index (χ1) is 22.9. The molecular formula is C40H43N4O4+. The number of aromatic nitrogens is 2. The van der Waals surface area contributed by atoms with E-state index in [1.54, 1.807) is 29.2 Å². The molecule has 5 aromatic rings. The number of benzene rings is 4. The molecule has 1 aliphatic heterocycles. The first-order valence-corrected chi connectivity index (χ1v) is 16.7. The van der Waals surface area contributed by atoms with Gasteiger partial charge in [-0.1, -0.05) is 43.2 Å². The SMILES string of the molecule is Cc1cc2nc3cc(C)c(N(CCCCCCN4C(=O)c5ccccc5C4=O)C(=O)OC(C)(C)C)cc3[n+](-c3ccccc3)c2cc1C. The molecule has 1 aromatic heterocycles. The van der Waals surface area contributed by atoms with Crippen molar-refractivity contribution in [3.05, 3.63) is 107 Å². The molecule has 2 heterocycles. The first kappa shape index (κ1) is 32.8. The van der Waals surface area contributed by atoms with Crippen LogP contribution in [0.2, 0.25) is 0 Å². The quantitative estimate of drug-likeness (QED) is 0.0700. The average Bonchev–Trinajstić information content (AvgIpc) is 3.28. The summed E-state index contributed by atoms with van der Waals surface area (Å²) in [5.74, 6) is -0.447. The van der Waals surface area contributed by atoms with E-state index in [9.17, 15) is 14.4 Å². The summed E-state index contributed by atoms with van der Waals surface area (Å²) in [6.07, 6.45) is 2.66. The van der Waals surface area contributed by atoms with E-state index in [0.29, 0.717) is 30.6 Å². The van der Waals surface area contributed by atoms with Crippen LogP contribution in [0.25, 0.3) is 27.8 Å². The average molecular weight is 644 g/mol. The molecule has 1 aliphatic rings. The third-order valence-electron chi connectivity index (χ3n) is 8.92. The van der Waals surface area contributed by atoms with Gasteiger partial charge in [0.25, 0.3) is 11.8 Å². The highest BCUT2D eigenvalue weighted by Gasteiger charge is 2.34. The van der Waals surface area contributed by atoms with Crippen LogP contribution in [0.15, 0.2) is 78.9 Å². The molecule has 0 N–H and O–H groups in total. The van der Waals surface area contributed by atoms with Crippen molar-refractivity contribution in [3.63, 3.8) is 0 Å². The predicted molar refractivity (Wildman–Crippen MR) is 189 cm³/mol. The third kappa shape index (κ3) is 6.52. The highest BCUT2D eigenvalue weighted by Crippen LogP contribution is 2.30. The molecule has 246 valence electrons. The fourth-order valence-corrected chi connectivity index (χ4v) is 6.36. The second kappa shape index (κ2) is 13.2. The lowest BCUT2D eigenvalue weighted by atomic mass is 10.1. The van der Waals surface area contributed by atoms with Gasteiger partial charge in [0.05, 0.1) is 16.8 Å². The normalized spacial score (nSPS) is 13.0. The van der Waals surface area contributed by atoms with Crippen molar-refractivity contribution in [2.24, 2.45) is 0 Å². The van der Waals surface area contributed by atoms with Crippen molar-refractivity contribution < 1.29 is 23.7 Å². The molecule has 0 atom stereocenters. The van der Waals surface area contributed by atoms with Crippen molar-refractivity contribution in [2.75, 3.05) is 18.0 Å². The molecule has 8 heteroatoms. The van der Waals surface area contributed by atoms with Crippen molar-refractivity contribution in [1.82, 2.24) is 9.88 Å². The number of carbonyl (C=O) groups is 3. The highest BCUT2D eigenvalue weighted by atomic mass is 16.6. The van der Waals surface area contributed by atoms with E-state index < -0.39 is 11.7 Å². The van der Waals surface area contributed by atoms with Gasteiger partial charge in [0.1, 0.15) is 16.6 Å². The summed E-state index contributed by atoms with van der Waals surface area (Å²) in [7, 11) is 0. The van der Waals surface area contributed by atoms with Gasteiger partial charge in [-0.2, -0.15) is 0 Å². The standard InChI is InChI=1S/C40H43N4O4/c1-26-22-32-35(24-27(26)2)44(29-16-10-9-11-17-29)36-25-34(28(3)23-33(36)41-32)42(39(47)48-40(4,5)6)20-14-7-8-15-21-43-37(45)30-18-12-13-19-31(30)38(43)46/h9-13,16-19,22-25H,7-8,14-15,20-21H2,1-6H3/q+1. The fraction of sp³-hybridized carbons (Fsp3) is 0.325. The van der Waals surface area contributed by atoms with Crippen LogP contribution >= 0.6 is 0 Å². The number of carbonyl (C=O) groups excluding carboxylic acids is 3. The van der Waals surface area contributed by atoms with Gasteiger partial charge in [-0.25, -0.2) is 9.78 Å². The van der Waals surface area contributed by atoms with Crippen LogP contribution in [-0.2, 0) is 4.74 Å². The van der Waals surface area contributed by atoms with Crippen LogP contribution in [0.4, 0.5) is 10.5 Å². The molecule has 0 saturated carbocycles.